The fourth-order valence-corrected chi connectivity index (χ4v) is 2.82. The lowest BCUT2D eigenvalue weighted by Crippen LogP contribution is -2.02. The van der Waals surface area contributed by atoms with Crippen LogP contribution in [-0.2, 0) is 6.42 Å². The molecule has 1 aromatic rings. The lowest BCUT2D eigenvalue weighted by atomic mass is 9.84. The van der Waals surface area contributed by atoms with Gasteiger partial charge in [-0.1, -0.05) is 30.8 Å². The highest BCUT2D eigenvalue weighted by Crippen LogP contribution is 2.45. The second-order valence-electron chi connectivity index (χ2n) is 4.68. The van der Waals surface area contributed by atoms with Gasteiger partial charge in [-0.25, -0.2) is 0 Å². The predicted octanol–water partition coefficient (Wildman–Crippen LogP) is 3.80. The molecule has 0 amide bonds. The minimum Gasteiger partial charge on any atom is -0.193 e. The number of benzene rings is 1. The molecule has 82 valence electrons. The van der Waals surface area contributed by atoms with Gasteiger partial charge in [-0.2, -0.15) is 5.26 Å². The summed E-state index contributed by atoms with van der Waals surface area (Å²) in [7, 11) is 0. The third kappa shape index (κ3) is 1.31. The molecule has 0 fully saturated rings. The normalized spacial score (nSPS) is 18.0. The van der Waals surface area contributed by atoms with E-state index in [4.69, 9.17) is 5.26 Å². The maximum Gasteiger partial charge on any atom is 0.0953 e. The van der Waals surface area contributed by atoms with Crippen LogP contribution in [0.25, 0.3) is 5.57 Å². The summed E-state index contributed by atoms with van der Waals surface area (Å²) < 4.78 is 0. The molecule has 0 bridgehead atoms. The molecular formula is C16H13N. The van der Waals surface area contributed by atoms with Gasteiger partial charge in [-0.15, -0.1) is 0 Å². The smallest absolute Gasteiger partial charge is 0.0953 e. The molecule has 3 rings (SSSR count). The summed E-state index contributed by atoms with van der Waals surface area (Å²) in [6, 6.07) is 10.8. The zero-order chi connectivity index (χ0) is 12.0. The second-order valence-corrected chi connectivity index (χ2v) is 4.68. The van der Waals surface area contributed by atoms with Crippen molar-refractivity contribution in [3.63, 3.8) is 0 Å². The first-order chi connectivity index (χ1) is 8.22. The topological polar surface area (TPSA) is 23.8 Å². The average Bonchev–Trinajstić information content (AvgIpc) is 2.73. The zero-order valence-electron chi connectivity index (χ0n) is 9.88. The molecule has 2 aliphatic rings. The molecule has 0 aliphatic heterocycles. The van der Waals surface area contributed by atoms with E-state index < -0.39 is 0 Å². The van der Waals surface area contributed by atoms with Gasteiger partial charge in [0.1, 0.15) is 0 Å². The van der Waals surface area contributed by atoms with Crippen LogP contribution in [0.15, 0.2) is 53.1 Å². The lowest BCUT2D eigenvalue weighted by Gasteiger charge is -2.19. The number of hydrogen-bond donors (Lipinski definition) is 0. The fraction of sp³-hybridized carbons (Fsp3) is 0.188. The second kappa shape index (κ2) is 3.46. The molecule has 1 heteroatoms. The van der Waals surface area contributed by atoms with E-state index in [0.717, 1.165) is 23.1 Å². The molecule has 0 aromatic heterocycles. The molecule has 0 spiro atoms. The van der Waals surface area contributed by atoms with Crippen LogP contribution in [0.5, 0.6) is 0 Å². The van der Waals surface area contributed by atoms with Crippen molar-refractivity contribution in [1.29, 1.82) is 5.26 Å². The molecule has 0 radical (unpaired) electrons. The average molecular weight is 219 g/mol. The predicted molar refractivity (Wildman–Crippen MR) is 69.1 cm³/mol. The minimum atomic E-state index is 0.704. The first-order valence-electron chi connectivity index (χ1n) is 5.82. The summed E-state index contributed by atoms with van der Waals surface area (Å²) in [5.41, 5.74) is 8.39. The van der Waals surface area contributed by atoms with Gasteiger partial charge < -0.3 is 0 Å². The van der Waals surface area contributed by atoms with E-state index in [1.54, 1.807) is 0 Å². The third-order valence-electron chi connectivity index (χ3n) is 3.74. The van der Waals surface area contributed by atoms with Crippen molar-refractivity contribution < 1.29 is 0 Å². The Bertz CT molecular complexity index is 636. The molecule has 1 nitrogen and oxygen atoms in total. The summed E-state index contributed by atoms with van der Waals surface area (Å²) in [6.45, 7) is 6.21. The molecule has 2 aliphatic carbocycles. The van der Waals surface area contributed by atoms with Gasteiger partial charge in [-0.05, 0) is 46.8 Å². The van der Waals surface area contributed by atoms with E-state index in [1.807, 2.05) is 0 Å². The van der Waals surface area contributed by atoms with E-state index >= 15 is 0 Å². The molecule has 0 unspecified atom stereocenters. The Balaban J connectivity index is 2.24. The highest BCUT2D eigenvalue weighted by atomic mass is 14.3. The molecule has 0 heterocycles. The number of fused-ring (bicyclic) bond motifs is 2. The van der Waals surface area contributed by atoms with E-state index in [2.05, 4.69) is 43.8 Å². The largest absolute Gasteiger partial charge is 0.193 e. The van der Waals surface area contributed by atoms with E-state index in [-0.39, 0.29) is 0 Å². The Morgan fingerprint density at radius 3 is 2.76 bits per heavy atom. The zero-order valence-corrected chi connectivity index (χ0v) is 9.88. The SMILES string of the molecule is C=C1CC(C#N)=C(C)C2=C1c1ccccc1C2. The summed E-state index contributed by atoms with van der Waals surface area (Å²) in [5, 5.41) is 9.14. The van der Waals surface area contributed by atoms with E-state index in [1.165, 1.54) is 22.3 Å². The summed E-state index contributed by atoms with van der Waals surface area (Å²) in [6.07, 6.45) is 1.65. The lowest BCUT2D eigenvalue weighted by molar-refractivity contribution is 1.10. The van der Waals surface area contributed by atoms with Crippen LogP contribution >= 0.6 is 0 Å². The van der Waals surface area contributed by atoms with Gasteiger partial charge in [0.15, 0.2) is 0 Å². The number of nitriles is 1. The number of hydrogen-bond acceptors (Lipinski definition) is 1. The van der Waals surface area contributed by atoms with Crippen molar-refractivity contribution in [2.75, 3.05) is 0 Å². The Morgan fingerprint density at radius 2 is 2.00 bits per heavy atom. The van der Waals surface area contributed by atoms with Crippen LogP contribution in [0.2, 0.25) is 0 Å². The molecule has 0 N–H and O–H groups in total. The molecule has 0 saturated heterocycles. The summed E-state index contributed by atoms with van der Waals surface area (Å²) in [4.78, 5) is 0. The van der Waals surface area contributed by atoms with Crippen LogP contribution in [0.4, 0.5) is 0 Å². The van der Waals surface area contributed by atoms with E-state index in [0.29, 0.717) is 6.42 Å². The molecule has 1 aromatic carbocycles. The Kier molecular flexibility index (Phi) is 2.06. The number of nitrogens with zero attached hydrogens (tertiary/aromatic N) is 1. The molecular weight excluding hydrogens is 206 g/mol. The fourth-order valence-electron chi connectivity index (χ4n) is 2.82. The van der Waals surface area contributed by atoms with Crippen molar-refractivity contribution in [2.45, 2.75) is 19.8 Å². The maximum atomic E-state index is 9.14. The van der Waals surface area contributed by atoms with Gasteiger partial charge >= 0.3 is 0 Å². The monoisotopic (exact) mass is 219 g/mol. The van der Waals surface area contributed by atoms with Gasteiger partial charge in [0, 0.05) is 12.0 Å². The highest BCUT2D eigenvalue weighted by molar-refractivity contribution is 5.91. The van der Waals surface area contributed by atoms with Crippen molar-refractivity contribution in [3.05, 3.63) is 64.3 Å². The Morgan fingerprint density at radius 1 is 1.24 bits per heavy atom. The Hall–Kier alpha value is -2.07. The van der Waals surface area contributed by atoms with Gasteiger partial charge in [-0.3, -0.25) is 0 Å². The van der Waals surface area contributed by atoms with Crippen LogP contribution in [-0.4, -0.2) is 0 Å². The first kappa shape index (κ1) is 10.1. The highest BCUT2D eigenvalue weighted by Gasteiger charge is 2.28. The first-order valence-corrected chi connectivity index (χ1v) is 5.82. The minimum absolute atomic E-state index is 0.704. The number of allylic oxidation sites excluding steroid dienone is 5. The number of rotatable bonds is 0. The van der Waals surface area contributed by atoms with E-state index in [9.17, 15) is 0 Å². The van der Waals surface area contributed by atoms with Gasteiger partial charge in [0.05, 0.1) is 6.07 Å². The molecule has 0 saturated carbocycles. The Labute approximate surface area is 101 Å². The van der Waals surface area contributed by atoms with Crippen LogP contribution in [0.3, 0.4) is 0 Å². The van der Waals surface area contributed by atoms with Gasteiger partial charge in [0.2, 0.25) is 0 Å². The maximum absolute atomic E-state index is 9.14. The summed E-state index contributed by atoms with van der Waals surface area (Å²) in [5.74, 6) is 0. The van der Waals surface area contributed by atoms with Crippen molar-refractivity contribution in [1.82, 2.24) is 0 Å². The van der Waals surface area contributed by atoms with Crippen molar-refractivity contribution >= 4 is 5.57 Å². The van der Waals surface area contributed by atoms with Crippen LogP contribution < -0.4 is 0 Å². The van der Waals surface area contributed by atoms with Crippen molar-refractivity contribution in [2.24, 2.45) is 0 Å². The third-order valence-corrected chi connectivity index (χ3v) is 3.74. The van der Waals surface area contributed by atoms with Gasteiger partial charge in [0.25, 0.3) is 0 Å². The standard InChI is InChI=1S/C16H13N/c1-10-7-13(9-17)11(2)15-8-12-5-3-4-6-14(12)16(10)15/h3-6H,1,7-8H2,2H3. The summed E-state index contributed by atoms with van der Waals surface area (Å²) >= 11 is 0. The van der Waals surface area contributed by atoms with Crippen molar-refractivity contribution in [3.8, 4) is 6.07 Å². The van der Waals surface area contributed by atoms with Crippen LogP contribution in [0, 0.1) is 11.3 Å². The molecule has 17 heavy (non-hydrogen) atoms. The quantitative estimate of drug-likeness (QED) is 0.651. The molecule has 0 atom stereocenters. The van der Waals surface area contributed by atoms with Crippen LogP contribution in [0.1, 0.15) is 24.5 Å².